The van der Waals surface area contributed by atoms with Gasteiger partial charge in [-0.25, -0.2) is 0 Å². The number of alkyl halides is 1. The molecule has 3 unspecified atom stereocenters. The van der Waals surface area contributed by atoms with Crippen LogP contribution in [0.1, 0.15) is 12.0 Å². The third-order valence-electron chi connectivity index (χ3n) is 3.10. The smallest absolute Gasteiger partial charge is 0.269 e. The van der Waals surface area contributed by atoms with Crippen molar-refractivity contribution in [1.29, 1.82) is 0 Å². The number of benzene rings is 1. The highest BCUT2D eigenvalue weighted by Gasteiger charge is 2.42. The van der Waals surface area contributed by atoms with Crippen molar-refractivity contribution in [2.24, 2.45) is 0 Å². The quantitative estimate of drug-likeness (QED) is 0.480. The summed E-state index contributed by atoms with van der Waals surface area (Å²) in [5.41, 5.74) is 0.795. The Balaban J connectivity index is 2.09. The number of rotatable bonds is 4. The molecule has 0 saturated heterocycles. The molecule has 0 heterocycles. The lowest BCUT2D eigenvalue weighted by Gasteiger charge is -2.39. The minimum Gasteiger partial charge on any atom is -0.487 e. The molecule has 6 heteroatoms. The molecule has 0 N–H and O–H groups in total. The van der Waals surface area contributed by atoms with Gasteiger partial charge in [0.05, 0.1) is 10.3 Å². The number of nitro benzene ring substituents is 1. The van der Waals surface area contributed by atoms with Gasteiger partial charge in [0, 0.05) is 25.7 Å². The van der Waals surface area contributed by atoms with E-state index in [1.807, 2.05) is 0 Å². The van der Waals surface area contributed by atoms with E-state index in [1.54, 1.807) is 20.1 Å². The maximum Gasteiger partial charge on any atom is 0.269 e. The number of ether oxygens (including phenoxy) is 2. The highest BCUT2D eigenvalue weighted by molar-refractivity contribution is 6.21. The predicted molar refractivity (Wildman–Crippen MR) is 67.3 cm³/mol. The fourth-order valence-electron chi connectivity index (χ4n) is 1.98. The van der Waals surface area contributed by atoms with E-state index in [0.717, 1.165) is 12.0 Å². The van der Waals surface area contributed by atoms with Crippen LogP contribution in [0, 0.1) is 17.0 Å². The molecular formula is C12H14ClNO4. The van der Waals surface area contributed by atoms with Crippen LogP contribution in [0.15, 0.2) is 18.2 Å². The molecule has 0 amide bonds. The summed E-state index contributed by atoms with van der Waals surface area (Å²) in [7, 11) is 1.60. The third kappa shape index (κ3) is 2.42. The molecule has 1 aliphatic carbocycles. The molecule has 1 aliphatic rings. The molecule has 0 spiro atoms. The topological polar surface area (TPSA) is 61.6 Å². The summed E-state index contributed by atoms with van der Waals surface area (Å²) < 4.78 is 11.0. The van der Waals surface area contributed by atoms with E-state index >= 15 is 0 Å². The van der Waals surface area contributed by atoms with Gasteiger partial charge in [-0.05, 0) is 18.6 Å². The first-order chi connectivity index (χ1) is 8.52. The molecule has 5 nitrogen and oxygen atoms in total. The Hall–Kier alpha value is -1.33. The predicted octanol–water partition coefficient (Wildman–Crippen LogP) is 2.68. The van der Waals surface area contributed by atoms with Crippen molar-refractivity contribution in [1.82, 2.24) is 0 Å². The van der Waals surface area contributed by atoms with Crippen LogP contribution in [0.4, 0.5) is 5.69 Å². The van der Waals surface area contributed by atoms with Crippen molar-refractivity contribution in [2.75, 3.05) is 7.11 Å². The lowest BCUT2D eigenvalue weighted by Crippen LogP contribution is -2.52. The summed E-state index contributed by atoms with van der Waals surface area (Å²) in [6, 6.07) is 4.54. The lowest BCUT2D eigenvalue weighted by atomic mass is 9.91. The Morgan fingerprint density at radius 1 is 1.50 bits per heavy atom. The first kappa shape index (κ1) is 13.1. The van der Waals surface area contributed by atoms with E-state index in [9.17, 15) is 10.1 Å². The van der Waals surface area contributed by atoms with Crippen molar-refractivity contribution >= 4 is 17.3 Å². The van der Waals surface area contributed by atoms with Crippen LogP contribution in [0.5, 0.6) is 5.75 Å². The Morgan fingerprint density at radius 3 is 2.72 bits per heavy atom. The molecule has 0 aliphatic heterocycles. The average Bonchev–Trinajstić information content (AvgIpc) is 2.30. The van der Waals surface area contributed by atoms with Crippen LogP contribution in [-0.2, 0) is 4.74 Å². The molecule has 1 saturated carbocycles. The van der Waals surface area contributed by atoms with Gasteiger partial charge in [0.1, 0.15) is 18.0 Å². The number of aryl methyl sites for hydroxylation is 1. The zero-order valence-electron chi connectivity index (χ0n) is 10.1. The molecule has 1 fully saturated rings. The second-order valence-corrected chi connectivity index (χ2v) is 4.88. The molecule has 0 radical (unpaired) electrons. The standard InChI is InChI=1S/C12H14ClNO4/c1-7-5-8(14(15)16)3-4-10(7)18-11-6-9(13)12(11)17-2/h3-5,9,11-12H,6H2,1-2H3. The van der Waals surface area contributed by atoms with Crippen LogP contribution in [0.2, 0.25) is 0 Å². The lowest BCUT2D eigenvalue weighted by molar-refractivity contribution is -0.384. The number of methoxy groups -OCH3 is 1. The van der Waals surface area contributed by atoms with E-state index in [0.29, 0.717) is 5.75 Å². The number of nitro groups is 1. The van der Waals surface area contributed by atoms with Gasteiger partial charge in [-0.2, -0.15) is 0 Å². The van der Waals surface area contributed by atoms with Crippen LogP contribution in [-0.4, -0.2) is 29.6 Å². The monoisotopic (exact) mass is 271 g/mol. The zero-order chi connectivity index (χ0) is 13.3. The summed E-state index contributed by atoms with van der Waals surface area (Å²) >= 11 is 5.99. The Bertz CT molecular complexity index is 465. The van der Waals surface area contributed by atoms with Crippen molar-refractivity contribution in [2.45, 2.75) is 30.9 Å². The average molecular weight is 272 g/mol. The molecule has 1 aromatic carbocycles. The summed E-state index contributed by atoms with van der Waals surface area (Å²) in [5, 5.41) is 10.6. The van der Waals surface area contributed by atoms with Crippen LogP contribution >= 0.6 is 11.6 Å². The highest BCUT2D eigenvalue weighted by Crippen LogP contribution is 2.34. The normalized spacial score (nSPS) is 26.5. The zero-order valence-corrected chi connectivity index (χ0v) is 10.9. The molecular weight excluding hydrogens is 258 g/mol. The minimum absolute atomic E-state index is 0.0293. The molecule has 1 aromatic rings. The maximum absolute atomic E-state index is 10.6. The number of non-ortho nitro benzene ring substituents is 1. The third-order valence-corrected chi connectivity index (χ3v) is 3.53. The van der Waals surface area contributed by atoms with E-state index in [1.165, 1.54) is 12.1 Å². The fourth-order valence-corrected chi connectivity index (χ4v) is 2.43. The van der Waals surface area contributed by atoms with Gasteiger partial charge in [0.15, 0.2) is 0 Å². The van der Waals surface area contributed by atoms with Gasteiger partial charge in [0.2, 0.25) is 0 Å². The first-order valence-electron chi connectivity index (χ1n) is 5.61. The second-order valence-electron chi connectivity index (χ2n) is 4.32. The molecule has 2 rings (SSSR count). The molecule has 18 heavy (non-hydrogen) atoms. The van der Waals surface area contributed by atoms with Gasteiger partial charge in [-0.15, -0.1) is 11.6 Å². The van der Waals surface area contributed by atoms with E-state index in [-0.39, 0.29) is 23.3 Å². The summed E-state index contributed by atoms with van der Waals surface area (Å²) in [5.74, 6) is 0.635. The van der Waals surface area contributed by atoms with Crippen molar-refractivity contribution in [3.05, 3.63) is 33.9 Å². The van der Waals surface area contributed by atoms with Crippen molar-refractivity contribution in [3.8, 4) is 5.75 Å². The van der Waals surface area contributed by atoms with Gasteiger partial charge in [-0.1, -0.05) is 0 Å². The molecule has 0 aromatic heterocycles. The van der Waals surface area contributed by atoms with E-state index in [4.69, 9.17) is 21.1 Å². The summed E-state index contributed by atoms with van der Waals surface area (Å²) in [6.45, 7) is 1.78. The molecule has 98 valence electrons. The van der Waals surface area contributed by atoms with Crippen LogP contribution in [0.25, 0.3) is 0 Å². The van der Waals surface area contributed by atoms with Gasteiger partial charge in [-0.3, -0.25) is 10.1 Å². The SMILES string of the molecule is COC1C(Cl)CC1Oc1ccc([N+](=O)[O-])cc1C. The minimum atomic E-state index is -0.424. The number of hydrogen-bond donors (Lipinski definition) is 0. The van der Waals surface area contributed by atoms with E-state index < -0.39 is 4.92 Å². The van der Waals surface area contributed by atoms with Crippen molar-refractivity contribution in [3.63, 3.8) is 0 Å². The molecule has 0 bridgehead atoms. The highest BCUT2D eigenvalue weighted by atomic mass is 35.5. The number of nitrogens with zero attached hydrogens (tertiary/aromatic N) is 1. The van der Waals surface area contributed by atoms with Gasteiger partial charge in [0.25, 0.3) is 5.69 Å². The summed E-state index contributed by atoms with van der Waals surface area (Å²) in [4.78, 5) is 10.2. The Labute approximate surface area is 110 Å². The Morgan fingerprint density at radius 2 is 2.22 bits per heavy atom. The second kappa shape index (κ2) is 5.12. The van der Waals surface area contributed by atoms with Gasteiger partial charge >= 0.3 is 0 Å². The summed E-state index contributed by atoms with van der Waals surface area (Å²) in [6.07, 6.45) is 0.509. The largest absolute Gasteiger partial charge is 0.487 e. The Kier molecular flexibility index (Phi) is 3.73. The first-order valence-corrected chi connectivity index (χ1v) is 6.05. The fraction of sp³-hybridized carbons (Fsp3) is 0.500. The number of halogens is 1. The van der Waals surface area contributed by atoms with E-state index in [2.05, 4.69) is 0 Å². The number of hydrogen-bond acceptors (Lipinski definition) is 4. The van der Waals surface area contributed by atoms with Crippen LogP contribution < -0.4 is 4.74 Å². The molecule has 3 atom stereocenters. The van der Waals surface area contributed by atoms with Crippen molar-refractivity contribution < 1.29 is 14.4 Å². The maximum atomic E-state index is 10.6. The van der Waals surface area contributed by atoms with Gasteiger partial charge < -0.3 is 9.47 Å². The van der Waals surface area contributed by atoms with Crippen LogP contribution in [0.3, 0.4) is 0 Å².